The van der Waals surface area contributed by atoms with Crippen molar-refractivity contribution in [3.8, 4) is 0 Å². The molecule has 4 atom stereocenters. The lowest BCUT2D eigenvalue weighted by Gasteiger charge is -2.33. The van der Waals surface area contributed by atoms with E-state index < -0.39 is 29.8 Å². The summed E-state index contributed by atoms with van der Waals surface area (Å²) in [6.45, 7) is 6.60. The molecule has 4 heteroatoms. The molecule has 0 aromatic carbocycles. The topological polar surface area (TPSA) is 80.9 Å². The first-order valence-electron chi connectivity index (χ1n) is 4.40. The molecule has 80 valence electrons. The highest BCUT2D eigenvalue weighted by Gasteiger charge is 2.35. The molecule has 4 nitrogen and oxygen atoms in total. The van der Waals surface area contributed by atoms with Crippen LogP contribution < -0.4 is 0 Å². The first-order valence-corrected chi connectivity index (χ1v) is 4.40. The maximum atomic E-state index is 9.55. The fraction of sp³-hybridized carbons (Fsp3) is 1.00. The Morgan fingerprint density at radius 3 is 1.46 bits per heavy atom. The Hall–Kier alpha value is -0.160. The van der Waals surface area contributed by atoms with Crippen LogP contribution in [0.2, 0.25) is 0 Å². The first kappa shape index (κ1) is 12.8. The zero-order chi connectivity index (χ0) is 10.8. The minimum absolute atomic E-state index is 0.519. The molecule has 0 saturated heterocycles. The molecular formula is C9H20O4. The Balaban J connectivity index is 4.34. The van der Waals surface area contributed by atoms with Crippen molar-refractivity contribution in [2.75, 3.05) is 0 Å². The third-order valence-electron chi connectivity index (χ3n) is 2.05. The number of aliphatic hydroxyl groups excluding tert-OH is 4. The van der Waals surface area contributed by atoms with E-state index in [9.17, 15) is 15.3 Å². The average Bonchev–Trinajstić information content (AvgIpc) is 1.98. The predicted molar refractivity (Wildman–Crippen MR) is 49.2 cm³/mol. The molecule has 0 rings (SSSR count). The highest BCUT2D eigenvalue weighted by Crippen LogP contribution is 2.23. The molecule has 0 radical (unpaired) electrons. The Morgan fingerprint density at radius 1 is 0.846 bits per heavy atom. The quantitative estimate of drug-likeness (QED) is 0.486. The molecule has 0 aromatic heterocycles. The van der Waals surface area contributed by atoms with E-state index in [1.807, 2.05) is 0 Å². The summed E-state index contributed by atoms with van der Waals surface area (Å²) in [5.41, 5.74) is -0.519. The summed E-state index contributed by atoms with van der Waals surface area (Å²) in [7, 11) is 0. The molecule has 0 fully saturated rings. The van der Waals surface area contributed by atoms with Gasteiger partial charge in [-0.25, -0.2) is 0 Å². The van der Waals surface area contributed by atoms with Crippen LogP contribution in [0.5, 0.6) is 0 Å². The zero-order valence-corrected chi connectivity index (χ0v) is 8.60. The third-order valence-corrected chi connectivity index (χ3v) is 2.05. The van der Waals surface area contributed by atoms with Gasteiger partial charge in [0.15, 0.2) is 0 Å². The van der Waals surface area contributed by atoms with Crippen molar-refractivity contribution >= 4 is 0 Å². The molecule has 0 bridgehead atoms. The maximum Gasteiger partial charge on any atom is 0.109 e. The molecular weight excluding hydrogens is 172 g/mol. The number of hydrogen-bond acceptors (Lipinski definition) is 4. The van der Waals surface area contributed by atoms with Crippen LogP contribution in [0.3, 0.4) is 0 Å². The third kappa shape index (κ3) is 3.60. The van der Waals surface area contributed by atoms with Crippen LogP contribution in [-0.4, -0.2) is 44.8 Å². The van der Waals surface area contributed by atoms with Gasteiger partial charge in [0.2, 0.25) is 0 Å². The van der Waals surface area contributed by atoms with Gasteiger partial charge in [0.25, 0.3) is 0 Å². The van der Waals surface area contributed by atoms with Gasteiger partial charge in [-0.2, -0.15) is 0 Å². The highest BCUT2D eigenvalue weighted by molar-refractivity contribution is 4.85. The number of hydrogen-bond donors (Lipinski definition) is 4. The number of rotatable bonds is 3. The lowest BCUT2D eigenvalue weighted by Crippen LogP contribution is -2.48. The summed E-state index contributed by atoms with van der Waals surface area (Å²) in [6, 6.07) is 0. The van der Waals surface area contributed by atoms with E-state index in [0.29, 0.717) is 0 Å². The Kier molecular flexibility index (Phi) is 4.32. The maximum absolute atomic E-state index is 9.55. The normalized spacial score (nSPS) is 22.2. The number of aliphatic hydroxyl groups is 4. The Morgan fingerprint density at radius 2 is 1.23 bits per heavy atom. The van der Waals surface area contributed by atoms with Gasteiger partial charge >= 0.3 is 0 Å². The van der Waals surface area contributed by atoms with Gasteiger partial charge in [0, 0.05) is 0 Å². The van der Waals surface area contributed by atoms with Crippen molar-refractivity contribution < 1.29 is 20.4 Å². The molecule has 0 heterocycles. The molecule has 0 amide bonds. The second kappa shape index (κ2) is 4.37. The SMILES string of the molecule is CC(O)C(O)C(O)C(O)C(C)(C)C. The molecule has 0 saturated carbocycles. The monoisotopic (exact) mass is 192 g/mol. The van der Waals surface area contributed by atoms with E-state index >= 15 is 0 Å². The molecule has 0 aromatic rings. The summed E-state index contributed by atoms with van der Waals surface area (Å²) in [5.74, 6) is 0. The van der Waals surface area contributed by atoms with Crippen molar-refractivity contribution in [2.45, 2.75) is 52.1 Å². The van der Waals surface area contributed by atoms with Crippen LogP contribution in [-0.2, 0) is 0 Å². The highest BCUT2D eigenvalue weighted by atomic mass is 16.4. The van der Waals surface area contributed by atoms with E-state index in [-0.39, 0.29) is 0 Å². The Labute approximate surface area is 78.8 Å². The van der Waals surface area contributed by atoms with Crippen molar-refractivity contribution in [1.29, 1.82) is 0 Å². The van der Waals surface area contributed by atoms with Gasteiger partial charge in [0.1, 0.15) is 12.2 Å². The summed E-state index contributed by atoms with van der Waals surface area (Å²) in [5, 5.41) is 37.2. The second-order valence-corrected chi connectivity index (χ2v) is 4.53. The fourth-order valence-corrected chi connectivity index (χ4v) is 0.984. The van der Waals surface area contributed by atoms with Gasteiger partial charge in [-0.1, -0.05) is 20.8 Å². The van der Waals surface area contributed by atoms with Gasteiger partial charge in [-0.3, -0.25) is 0 Å². The van der Waals surface area contributed by atoms with Crippen LogP contribution in [0.1, 0.15) is 27.7 Å². The van der Waals surface area contributed by atoms with Gasteiger partial charge in [-0.15, -0.1) is 0 Å². The molecule has 4 N–H and O–H groups in total. The van der Waals surface area contributed by atoms with Crippen LogP contribution >= 0.6 is 0 Å². The summed E-state index contributed by atoms with van der Waals surface area (Å²) >= 11 is 0. The van der Waals surface area contributed by atoms with Gasteiger partial charge < -0.3 is 20.4 Å². The van der Waals surface area contributed by atoms with Crippen LogP contribution in [0.25, 0.3) is 0 Å². The van der Waals surface area contributed by atoms with E-state index in [0.717, 1.165) is 0 Å². The standard InChI is InChI=1S/C9H20O4/c1-5(10)6(11)7(12)8(13)9(2,3)4/h5-8,10-13H,1-4H3. The van der Waals surface area contributed by atoms with Crippen LogP contribution in [0.15, 0.2) is 0 Å². The summed E-state index contributed by atoms with van der Waals surface area (Å²) in [6.07, 6.45) is -4.74. The van der Waals surface area contributed by atoms with Gasteiger partial charge in [-0.05, 0) is 12.3 Å². The fourth-order valence-electron chi connectivity index (χ4n) is 0.984. The average molecular weight is 192 g/mol. The molecule has 0 spiro atoms. The predicted octanol–water partition coefficient (Wildman–Crippen LogP) is -0.504. The zero-order valence-electron chi connectivity index (χ0n) is 8.60. The van der Waals surface area contributed by atoms with Crippen LogP contribution in [0, 0.1) is 5.41 Å². The summed E-state index contributed by atoms with van der Waals surface area (Å²) < 4.78 is 0. The molecule has 0 aliphatic carbocycles. The minimum Gasteiger partial charge on any atom is -0.391 e. The van der Waals surface area contributed by atoms with E-state index in [4.69, 9.17) is 5.11 Å². The lowest BCUT2D eigenvalue weighted by atomic mass is 9.83. The summed E-state index contributed by atoms with van der Waals surface area (Å²) in [4.78, 5) is 0. The lowest BCUT2D eigenvalue weighted by molar-refractivity contribution is -0.127. The molecule has 0 aliphatic heterocycles. The molecule has 13 heavy (non-hydrogen) atoms. The van der Waals surface area contributed by atoms with Gasteiger partial charge in [0.05, 0.1) is 12.2 Å². The minimum atomic E-state index is -1.32. The molecule has 4 unspecified atom stereocenters. The van der Waals surface area contributed by atoms with E-state index in [1.54, 1.807) is 20.8 Å². The van der Waals surface area contributed by atoms with E-state index in [2.05, 4.69) is 0 Å². The second-order valence-electron chi connectivity index (χ2n) is 4.53. The Bertz CT molecular complexity index is 150. The van der Waals surface area contributed by atoms with Crippen molar-refractivity contribution in [3.05, 3.63) is 0 Å². The first-order chi connectivity index (χ1) is 5.68. The molecule has 0 aliphatic rings. The smallest absolute Gasteiger partial charge is 0.109 e. The van der Waals surface area contributed by atoms with Crippen LogP contribution in [0.4, 0.5) is 0 Å². The largest absolute Gasteiger partial charge is 0.391 e. The van der Waals surface area contributed by atoms with E-state index in [1.165, 1.54) is 6.92 Å². The van der Waals surface area contributed by atoms with Crippen molar-refractivity contribution in [3.63, 3.8) is 0 Å². The van der Waals surface area contributed by atoms with Crippen molar-refractivity contribution in [1.82, 2.24) is 0 Å². The van der Waals surface area contributed by atoms with Crippen molar-refractivity contribution in [2.24, 2.45) is 5.41 Å².